The van der Waals surface area contributed by atoms with Crippen LogP contribution in [0.25, 0.3) is 0 Å². The van der Waals surface area contributed by atoms with Crippen molar-refractivity contribution in [3.8, 4) is 0 Å². The van der Waals surface area contributed by atoms with Crippen LogP contribution in [0.2, 0.25) is 0 Å². The van der Waals surface area contributed by atoms with Crippen LogP contribution >= 0.6 is 0 Å². The first-order chi connectivity index (χ1) is 8.95. The zero-order valence-corrected chi connectivity index (χ0v) is 12.6. The van der Waals surface area contributed by atoms with Crippen LogP contribution < -0.4 is 5.32 Å². The van der Waals surface area contributed by atoms with Crippen molar-refractivity contribution in [2.45, 2.75) is 59.5 Å². The second-order valence-corrected chi connectivity index (χ2v) is 6.54. The van der Waals surface area contributed by atoms with Crippen molar-refractivity contribution in [2.75, 3.05) is 0 Å². The van der Waals surface area contributed by atoms with Gasteiger partial charge in [-0.1, -0.05) is 26.0 Å². The molecule has 1 aromatic rings. The van der Waals surface area contributed by atoms with Gasteiger partial charge in [-0.2, -0.15) is 0 Å². The first-order valence-corrected chi connectivity index (χ1v) is 7.44. The third kappa shape index (κ3) is 3.79. The van der Waals surface area contributed by atoms with Gasteiger partial charge in [-0.15, -0.1) is 0 Å². The molecule has 0 spiro atoms. The second kappa shape index (κ2) is 6.04. The van der Waals surface area contributed by atoms with E-state index in [2.05, 4.69) is 19.2 Å². The van der Waals surface area contributed by atoms with E-state index in [0.29, 0.717) is 6.04 Å². The van der Waals surface area contributed by atoms with Gasteiger partial charge in [0, 0.05) is 12.6 Å². The monoisotopic (exact) mass is 263 g/mol. The van der Waals surface area contributed by atoms with Crippen LogP contribution in [0.5, 0.6) is 0 Å². The molecular weight excluding hydrogens is 237 g/mol. The summed E-state index contributed by atoms with van der Waals surface area (Å²) in [5, 5.41) is 3.65. The van der Waals surface area contributed by atoms with E-state index in [1.165, 1.54) is 24.8 Å². The standard InChI is InChI=1S/C17H26FN/c1-11-5-12(2)7-16(6-11)19-10-15-8-13(3)17(18)14(4)9-15/h8-9,11-12,16,19H,5-7,10H2,1-4H3. The normalized spacial score (nSPS) is 27.5. The van der Waals surface area contributed by atoms with E-state index in [-0.39, 0.29) is 5.82 Å². The average Bonchev–Trinajstić information content (AvgIpc) is 2.32. The average molecular weight is 263 g/mol. The summed E-state index contributed by atoms with van der Waals surface area (Å²) in [4.78, 5) is 0. The molecule has 19 heavy (non-hydrogen) atoms. The van der Waals surface area contributed by atoms with E-state index in [1.54, 1.807) is 0 Å². The number of halogens is 1. The molecule has 1 N–H and O–H groups in total. The summed E-state index contributed by atoms with van der Waals surface area (Å²) >= 11 is 0. The molecule has 1 nitrogen and oxygen atoms in total. The van der Waals surface area contributed by atoms with Crippen LogP contribution in [0.3, 0.4) is 0 Å². The molecule has 0 heterocycles. The molecular formula is C17H26FN. The minimum atomic E-state index is -0.0661. The van der Waals surface area contributed by atoms with E-state index in [9.17, 15) is 4.39 Å². The summed E-state index contributed by atoms with van der Waals surface area (Å²) in [6.45, 7) is 9.23. The van der Waals surface area contributed by atoms with E-state index < -0.39 is 0 Å². The molecule has 0 aliphatic heterocycles. The van der Waals surface area contributed by atoms with Crippen molar-refractivity contribution >= 4 is 0 Å². The molecule has 0 amide bonds. The molecule has 2 heteroatoms. The summed E-state index contributed by atoms with van der Waals surface area (Å²) in [5.41, 5.74) is 2.70. The first-order valence-electron chi connectivity index (χ1n) is 7.44. The molecule has 0 saturated heterocycles. The fourth-order valence-electron chi connectivity index (χ4n) is 3.51. The summed E-state index contributed by atoms with van der Waals surface area (Å²) in [5.74, 6) is 1.57. The lowest BCUT2D eigenvalue weighted by Gasteiger charge is -2.32. The van der Waals surface area contributed by atoms with Gasteiger partial charge in [0.05, 0.1) is 0 Å². The fraction of sp³-hybridized carbons (Fsp3) is 0.647. The number of aryl methyl sites for hydroxylation is 2. The maximum absolute atomic E-state index is 13.6. The minimum absolute atomic E-state index is 0.0661. The molecule has 0 aromatic heterocycles. The van der Waals surface area contributed by atoms with Gasteiger partial charge in [0.25, 0.3) is 0 Å². The predicted molar refractivity (Wildman–Crippen MR) is 78.7 cm³/mol. The van der Waals surface area contributed by atoms with Crippen molar-refractivity contribution < 1.29 is 4.39 Å². The Hall–Kier alpha value is -0.890. The van der Waals surface area contributed by atoms with Crippen molar-refractivity contribution in [3.05, 3.63) is 34.6 Å². The highest BCUT2D eigenvalue weighted by atomic mass is 19.1. The van der Waals surface area contributed by atoms with Gasteiger partial charge in [0.15, 0.2) is 0 Å². The van der Waals surface area contributed by atoms with Gasteiger partial charge in [0.2, 0.25) is 0 Å². The molecule has 106 valence electrons. The number of hydrogen-bond acceptors (Lipinski definition) is 1. The van der Waals surface area contributed by atoms with Gasteiger partial charge in [0.1, 0.15) is 5.82 Å². The molecule has 2 unspecified atom stereocenters. The zero-order chi connectivity index (χ0) is 14.0. The largest absolute Gasteiger partial charge is 0.310 e. The van der Waals surface area contributed by atoms with E-state index in [1.807, 2.05) is 26.0 Å². The lowest BCUT2D eigenvalue weighted by Crippen LogP contribution is -2.35. The maximum Gasteiger partial charge on any atom is 0.129 e. The topological polar surface area (TPSA) is 12.0 Å². The highest BCUT2D eigenvalue weighted by Gasteiger charge is 2.23. The number of rotatable bonds is 3. The van der Waals surface area contributed by atoms with Crippen LogP contribution in [0.1, 0.15) is 49.8 Å². The molecule has 1 aromatic carbocycles. The Morgan fingerprint density at radius 1 is 1.05 bits per heavy atom. The van der Waals surface area contributed by atoms with Crippen LogP contribution in [0, 0.1) is 31.5 Å². The van der Waals surface area contributed by atoms with Crippen LogP contribution in [-0.2, 0) is 6.54 Å². The van der Waals surface area contributed by atoms with Crippen LogP contribution in [0.4, 0.5) is 4.39 Å². The number of hydrogen-bond donors (Lipinski definition) is 1. The van der Waals surface area contributed by atoms with Gasteiger partial charge >= 0.3 is 0 Å². The summed E-state index contributed by atoms with van der Waals surface area (Å²) in [6.07, 6.45) is 3.89. The van der Waals surface area contributed by atoms with Gasteiger partial charge in [-0.3, -0.25) is 0 Å². The summed E-state index contributed by atoms with van der Waals surface area (Å²) < 4.78 is 13.6. The molecule has 1 saturated carbocycles. The lowest BCUT2D eigenvalue weighted by atomic mass is 9.80. The van der Waals surface area contributed by atoms with Gasteiger partial charge in [-0.25, -0.2) is 4.39 Å². The van der Waals surface area contributed by atoms with Crippen LogP contribution in [0.15, 0.2) is 12.1 Å². The molecule has 2 atom stereocenters. The first kappa shape index (κ1) is 14.5. The Morgan fingerprint density at radius 3 is 2.11 bits per heavy atom. The number of nitrogens with one attached hydrogen (secondary N) is 1. The maximum atomic E-state index is 13.6. The highest BCUT2D eigenvalue weighted by molar-refractivity contribution is 5.30. The Labute approximate surface area is 116 Å². The summed E-state index contributed by atoms with van der Waals surface area (Å²) in [7, 11) is 0. The Morgan fingerprint density at radius 2 is 1.58 bits per heavy atom. The third-order valence-electron chi connectivity index (χ3n) is 4.27. The fourth-order valence-corrected chi connectivity index (χ4v) is 3.51. The molecule has 1 aliphatic carbocycles. The van der Waals surface area contributed by atoms with E-state index >= 15 is 0 Å². The van der Waals surface area contributed by atoms with Gasteiger partial charge in [-0.05, 0) is 61.6 Å². The van der Waals surface area contributed by atoms with Crippen LogP contribution in [-0.4, -0.2) is 6.04 Å². The van der Waals surface area contributed by atoms with Crippen molar-refractivity contribution in [1.82, 2.24) is 5.32 Å². The predicted octanol–water partition coefficient (Wildman–Crippen LogP) is 4.36. The lowest BCUT2D eigenvalue weighted by molar-refractivity contribution is 0.238. The SMILES string of the molecule is Cc1cc(CNC2CC(C)CC(C)C2)cc(C)c1F. The third-order valence-corrected chi connectivity index (χ3v) is 4.27. The van der Waals surface area contributed by atoms with E-state index in [0.717, 1.165) is 29.5 Å². The smallest absolute Gasteiger partial charge is 0.129 e. The zero-order valence-electron chi connectivity index (χ0n) is 12.6. The Balaban J connectivity index is 1.95. The number of benzene rings is 1. The molecule has 2 rings (SSSR count). The van der Waals surface area contributed by atoms with Crippen molar-refractivity contribution in [2.24, 2.45) is 11.8 Å². The molecule has 0 bridgehead atoms. The van der Waals surface area contributed by atoms with Crippen molar-refractivity contribution in [3.63, 3.8) is 0 Å². The highest BCUT2D eigenvalue weighted by Crippen LogP contribution is 2.28. The summed E-state index contributed by atoms with van der Waals surface area (Å²) in [6, 6.07) is 4.54. The Bertz CT molecular complexity index is 408. The molecule has 0 radical (unpaired) electrons. The molecule has 1 fully saturated rings. The van der Waals surface area contributed by atoms with Crippen molar-refractivity contribution in [1.29, 1.82) is 0 Å². The van der Waals surface area contributed by atoms with Gasteiger partial charge < -0.3 is 5.32 Å². The molecule has 1 aliphatic rings. The second-order valence-electron chi connectivity index (χ2n) is 6.54. The Kier molecular flexibility index (Phi) is 4.62. The minimum Gasteiger partial charge on any atom is -0.310 e. The van der Waals surface area contributed by atoms with E-state index in [4.69, 9.17) is 0 Å². The quantitative estimate of drug-likeness (QED) is 0.854.